The second-order valence-electron chi connectivity index (χ2n) is 5.38. The van der Waals surface area contributed by atoms with E-state index in [0.717, 1.165) is 19.4 Å². The maximum absolute atomic E-state index is 12.3. The summed E-state index contributed by atoms with van der Waals surface area (Å²) < 4.78 is 0. The van der Waals surface area contributed by atoms with Crippen molar-refractivity contribution in [3.63, 3.8) is 0 Å². The fourth-order valence-electron chi connectivity index (χ4n) is 2.59. The van der Waals surface area contributed by atoms with Crippen LogP contribution in [0.3, 0.4) is 0 Å². The Hall–Kier alpha value is -1.52. The standard InChI is InChI=1S/C13H20N2O3/c1-13(11(16)17)6-5-9-15(10-13)12(18)14-7-3-2-4-8-14/h2-3H,4-10H2,1H3,(H,16,17). The van der Waals surface area contributed by atoms with Gasteiger partial charge in [0.15, 0.2) is 0 Å². The molecule has 2 heterocycles. The average Bonchev–Trinajstić information content (AvgIpc) is 2.39. The molecule has 0 saturated carbocycles. The van der Waals surface area contributed by atoms with E-state index in [4.69, 9.17) is 0 Å². The van der Waals surface area contributed by atoms with Gasteiger partial charge < -0.3 is 14.9 Å². The SMILES string of the molecule is CC1(C(=O)O)CCCN(C(=O)N2CC=CCC2)C1. The van der Waals surface area contributed by atoms with E-state index in [1.807, 2.05) is 6.08 Å². The summed E-state index contributed by atoms with van der Waals surface area (Å²) in [5.41, 5.74) is -0.792. The molecule has 1 unspecified atom stereocenters. The lowest BCUT2D eigenvalue weighted by molar-refractivity contribution is -0.150. The van der Waals surface area contributed by atoms with Gasteiger partial charge in [0.1, 0.15) is 0 Å². The van der Waals surface area contributed by atoms with Gasteiger partial charge >= 0.3 is 12.0 Å². The maximum atomic E-state index is 12.3. The van der Waals surface area contributed by atoms with Gasteiger partial charge in [0.25, 0.3) is 0 Å². The molecule has 0 spiro atoms. The summed E-state index contributed by atoms with van der Waals surface area (Å²) >= 11 is 0. The van der Waals surface area contributed by atoms with Crippen molar-refractivity contribution >= 4 is 12.0 Å². The lowest BCUT2D eigenvalue weighted by atomic mass is 9.82. The first-order valence-corrected chi connectivity index (χ1v) is 6.45. The number of likely N-dealkylation sites (tertiary alicyclic amines) is 1. The quantitative estimate of drug-likeness (QED) is 0.720. The number of rotatable bonds is 1. The highest BCUT2D eigenvalue weighted by Crippen LogP contribution is 2.30. The van der Waals surface area contributed by atoms with E-state index in [1.54, 1.807) is 16.7 Å². The van der Waals surface area contributed by atoms with Crippen LogP contribution in [0.1, 0.15) is 26.2 Å². The van der Waals surface area contributed by atoms with Crippen molar-refractivity contribution in [2.45, 2.75) is 26.2 Å². The molecular weight excluding hydrogens is 232 g/mol. The van der Waals surface area contributed by atoms with Gasteiger partial charge in [-0.15, -0.1) is 0 Å². The first-order valence-electron chi connectivity index (χ1n) is 6.45. The number of carboxylic acid groups (broad SMARTS) is 1. The van der Waals surface area contributed by atoms with Crippen molar-refractivity contribution in [3.05, 3.63) is 12.2 Å². The van der Waals surface area contributed by atoms with Crippen LogP contribution < -0.4 is 0 Å². The highest BCUT2D eigenvalue weighted by atomic mass is 16.4. The van der Waals surface area contributed by atoms with Crippen LogP contribution in [-0.2, 0) is 4.79 Å². The Morgan fingerprint density at radius 1 is 1.22 bits per heavy atom. The highest BCUT2D eigenvalue weighted by Gasteiger charge is 2.40. The number of amides is 2. The van der Waals surface area contributed by atoms with Crippen molar-refractivity contribution in [1.29, 1.82) is 0 Å². The summed E-state index contributed by atoms with van der Waals surface area (Å²) in [4.78, 5) is 27.0. The zero-order valence-corrected chi connectivity index (χ0v) is 10.8. The van der Waals surface area contributed by atoms with Crippen molar-refractivity contribution in [2.75, 3.05) is 26.2 Å². The number of urea groups is 1. The van der Waals surface area contributed by atoms with Crippen molar-refractivity contribution in [1.82, 2.24) is 9.80 Å². The first-order chi connectivity index (χ1) is 8.53. The lowest BCUT2D eigenvalue weighted by Crippen LogP contribution is -2.53. The normalized spacial score (nSPS) is 28.3. The highest BCUT2D eigenvalue weighted by molar-refractivity contribution is 5.78. The summed E-state index contributed by atoms with van der Waals surface area (Å²) in [6, 6.07) is -0.0217. The number of carboxylic acids is 1. The summed E-state index contributed by atoms with van der Waals surface area (Å²) in [5.74, 6) is -0.807. The topological polar surface area (TPSA) is 60.9 Å². The molecule has 1 fully saturated rings. The molecule has 1 atom stereocenters. The molecule has 2 rings (SSSR count). The maximum Gasteiger partial charge on any atom is 0.320 e. The van der Waals surface area contributed by atoms with E-state index in [-0.39, 0.29) is 6.03 Å². The van der Waals surface area contributed by atoms with Crippen molar-refractivity contribution in [3.8, 4) is 0 Å². The number of hydrogen-bond donors (Lipinski definition) is 1. The third kappa shape index (κ3) is 2.49. The molecule has 2 amide bonds. The van der Waals surface area contributed by atoms with E-state index in [9.17, 15) is 14.7 Å². The Morgan fingerprint density at radius 3 is 2.61 bits per heavy atom. The summed E-state index contributed by atoms with van der Waals surface area (Å²) in [5, 5.41) is 9.24. The Kier molecular flexibility index (Phi) is 3.59. The number of aliphatic carboxylic acids is 1. The number of carbonyl (C=O) groups is 2. The third-order valence-electron chi connectivity index (χ3n) is 3.81. The Balaban J connectivity index is 2.02. The third-order valence-corrected chi connectivity index (χ3v) is 3.81. The molecule has 1 N–H and O–H groups in total. The molecule has 100 valence electrons. The molecule has 0 aromatic heterocycles. The van der Waals surface area contributed by atoms with E-state index in [0.29, 0.717) is 26.1 Å². The largest absolute Gasteiger partial charge is 0.481 e. The summed E-state index contributed by atoms with van der Waals surface area (Å²) in [6.07, 6.45) is 6.35. The van der Waals surface area contributed by atoms with E-state index in [1.165, 1.54) is 0 Å². The monoisotopic (exact) mass is 252 g/mol. The van der Waals surface area contributed by atoms with Gasteiger partial charge in [-0.1, -0.05) is 12.2 Å². The van der Waals surface area contributed by atoms with E-state index < -0.39 is 11.4 Å². The average molecular weight is 252 g/mol. The molecule has 5 heteroatoms. The van der Waals surface area contributed by atoms with Crippen LogP contribution in [0.25, 0.3) is 0 Å². The molecule has 18 heavy (non-hydrogen) atoms. The van der Waals surface area contributed by atoms with Crippen LogP contribution in [-0.4, -0.2) is 53.1 Å². The minimum Gasteiger partial charge on any atom is -0.481 e. The van der Waals surface area contributed by atoms with E-state index in [2.05, 4.69) is 6.08 Å². The molecule has 2 aliphatic rings. The molecule has 0 bridgehead atoms. The van der Waals surface area contributed by atoms with Gasteiger partial charge in [-0.3, -0.25) is 4.79 Å². The molecule has 0 aromatic carbocycles. The Bertz CT molecular complexity index is 380. The minimum atomic E-state index is -0.807. The lowest BCUT2D eigenvalue weighted by Gasteiger charge is -2.40. The minimum absolute atomic E-state index is 0.0217. The second-order valence-corrected chi connectivity index (χ2v) is 5.38. The number of carbonyl (C=O) groups excluding carboxylic acids is 1. The molecule has 0 radical (unpaired) electrons. The number of piperidine rings is 1. The summed E-state index contributed by atoms with van der Waals surface area (Å²) in [7, 11) is 0. The smallest absolute Gasteiger partial charge is 0.320 e. The molecule has 0 aliphatic carbocycles. The predicted molar refractivity (Wildman–Crippen MR) is 67.3 cm³/mol. The van der Waals surface area contributed by atoms with Gasteiger partial charge in [-0.25, -0.2) is 4.79 Å². The van der Waals surface area contributed by atoms with Crippen LogP contribution in [0.15, 0.2) is 12.2 Å². The fourth-order valence-corrected chi connectivity index (χ4v) is 2.59. The molecular formula is C13H20N2O3. The Morgan fingerprint density at radius 2 is 2.00 bits per heavy atom. The Labute approximate surface area is 107 Å². The van der Waals surface area contributed by atoms with Crippen molar-refractivity contribution < 1.29 is 14.7 Å². The van der Waals surface area contributed by atoms with Crippen molar-refractivity contribution in [2.24, 2.45) is 5.41 Å². The molecule has 1 saturated heterocycles. The van der Waals surface area contributed by atoms with Gasteiger partial charge in [0, 0.05) is 26.2 Å². The second kappa shape index (κ2) is 5.00. The van der Waals surface area contributed by atoms with Crippen LogP contribution in [0, 0.1) is 5.41 Å². The molecule has 5 nitrogen and oxygen atoms in total. The number of nitrogens with zero attached hydrogens (tertiary/aromatic N) is 2. The van der Waals surface area contributed by atoms with Gasteiger partial charge in [0.2, 0.25) is 0 Å². The zero-order chi connectivity index (χ0) is 13.2. The molecule has 0 aromatic rings. The molecule has 2 aliphatic heterocycles. The predicted octanol–water partition coefficient (Wildman–Crippen LogP) is 1.56. The van der Waals surface area contributed by atoms with Gasteiger partial charge in [-0.2, -0.15) is 0 Å². The first kappa shape index (κ1) is 12.9. The van der Waals surface area contributed by atoms with E-state index >= 15 is 0 Å². The van der Waals surface area contributed by atoms with Gasteiger partial charge in [-0.05, 0) is 26.2 Å². The van der Waals surface area contributed by atoms with Gasteiger partial charge in [0.05, 0.1) is 5.41 Å². The summed E-state index contributed by atoms with van der Waals surface area (Å²) in [6.45, 7) is 4.09. The van der Waals surface area contributed by atoms with Crippen LogP contribution >= 0.6 is 0 Å². The van der Waals surface area contributed by atoms with Crippen LogP contribution in [0.2, 0.25) is 0 Å². The van der Waals surface area contributed by atoms with Crippen LogP contribution in [0.4, 0.5) is 4.79 Å². The zero-order valence-electron chi connectivity index (χ0n) is 10.8. The number of hydrogen-bond acceptors (Lipinski definition) is 2. The van der Waals surface area contributed by atoms with Crippen LogP contribution in [0.5, 0.6) is 0 Å². The fraction of sp³-hybridized carbons (Fsp3) is 0.692.